The highest BCUT2D eigenvalue weighted by Gasteiger charge is 2.33. The molecule has 0 amide bonds. The number of aromatic nitrogens is 3. The van der Waals surface area contributed by atoms with Gasteiger partial charge < -0.3 is 14.8 Å². The zero-order chi connectivity index (χ0) is 19.8. The maximum atomic E-state index is 6.05. The molecule has 1 aromatic carbocycles. The number of pyridine rings is 1. The average Bonchev–Trinajstić information content (AvgIpc) is 3.16. The summed E-state index contributed by atoms with van der Waals surface area (Å²) in [6.45, 7) is 10.3. The number of ether oxygens (including phenoxy) is 2. The third kappa shape index (κ3) is 3.30. The molecular weight excluding hydrogens is 352 g/mol. The number of hydrogen-bond donors (Lipinski definition) is 2. The Morgan fingerprint density at radius 1 is 1.07 bits per heavy atom. The Kier molecular flexibility index (Phi) is 4.71. The van der Waals surface area contributed by atoms with Gasteiger partial charge in [0.1, 0.15) is 0 Å². The summed E-state index contributed by atoms with van der Waals surface area (Å²) >= 11 is 0. The van der Waals surface area contributed by atoms with Crippen LogP contribution in [0.15, 0.2) is 36.7 Å². The van der Waals surface area contributed by atoms with E-state index in [1.165, 1.54) is 5.56 Å². The Hall–Kier alpha value is -3.02. The first-order chi connectivity index (χ1) is 13.4. The van der Waals surface area contributed by atoms with Crippen molar-refractivity contribution in [2.24, 2.45) is 0 Å². The Morgan fingerprint density at radius 3 is 2.43 bits per heavy atom. The minimum Gasteiger partial charge on any atom is -0.487 e. The van der Waals surface area contributed by atoms with E-state index in [-0.39, 0.29) is 18.1 Å². The molecule has 146 valence electrons. The van der Waals surface area contributed by atoms with Crippen molar-refractivity contribution in [2.75, 3.05) is 5.32 Å². The highest BCUT2D eigenvalue weighted by Crippen LogP contribution is 2.50. The number of rotatable bonds is 6. The highest BCUT2D eigenvalue weighted by atomic mass is 16.5. The Balaban J connectivity index is 1.75. The SMILES string of the molecule is CC(C)Oc1cc2c(cc1OC(C)C)C(C)c1c(Nc3cccnc3)n[nH]c1-2. The van der Waals surface area contributed by atoms with Crippen molar-refractivity contribution in [2.45, 2.75) is 52.7 Å². The third-order valence-corrected chi connectivity index (χ3v) is 4.74. The summed E-state index contributed by atoms with van der Waals surface area (Å²) in [6.07, 6.45) is 3.68. The number of nitrogens with zero attached hydrogens (tertiary/aromatic N) is 2. The fourth-order valence-corrected chi connectivity index (χ4v) is 3.64. The van der Waals surface area contributed by atoms with Crippen molar-refractivity contribution in [3.05, 3.63) is 47.8 Å². The van der Waals surface area contributed by atoms with E-state index in [2.05, 4.69) is 39.6 Å². The van der Waals surface area contributed by atoms with Crippen LogP contribution in [0.2, 0.25) is 0 Å². The molecule has 2 aromatic heterocycles. The van der Waals surface area contributed by atoms with Gasteiger partial charge in [-0.1, -0.05) is 6.92 Å². The largest absolute Gasteiger partial charge is 0.487 e. The number of nitrogens with one attached hydrogen (secondary N) is 2. The van der Waals surface area contributed by atoms with Crippen molar-refractivity contribution in [1.29, 1.82) is 0 Å². The van der Waals surface area contributed by atoms with Gasteiger partial charge in [0, 0.05) is 23.2 Å². The summed E-state index contributed by atoms with van der Waals surface area (Å²) in [6, 6.07) is 8.06. The quantitative estimate of drug-likeness (QED) is 0.612. The monoisotopic (exact) mass is 378 g/mol. The standard InChI is InChI=1S/C22H26N4O2/c1-12(2)27-18-9-16-14(5)20-21(17(16)10-19(18)28-13(3)4)25-26-22(20)24-15-7-6-8-23-11-15/h6-14H,1-5H3,(H2,24,25,26). The van der Waals surface area contributed by atoms with Gasteiger partial charge in [-0.15, -0.1) is 0 Å². The summed E-state index contributed by atoms with van der Waals surface area (Å²) in [7, 11) is 0. The molecule has 0 bridgehead atoms. The van der Waals surface area contributed by atoms with Gasteiger partial charge in [-0.2, -0.15) is 5.10 Å². The molecule has 0 fully saturated rings. The van der Waals surface area contributed by atoms with Gasteiger partial charge in [0.05, 0.1) is 29.8 Å². The minimum atomic E-state index is 0.0652. The number of H-pyrrole nitrogens is 1. The zero-order valence-electron chi connectivity index (χ0n) is 16.9. The topological polar surface area (TPSA) is 72.1 Å². The van der Waals surface area contributed by atoms with Crippen LogP contribution in [0.1, 0.15) is 51.7 Å². The number of anilines is 2. The summed E-state index contributed by atoms with van der Waals surface area (Å²) in [5, 5.41) is 11.1. The Labute approximate surface area is 165 Å². The van der Waals surface area contributed by atoms with E-state index in [0.717, 1.165) is 39.8 Å². The number of fused-ring (bicyclic) bond motifs is 3. The summed E-state index contributed by atoms with van der Waals surface area (Å²) in [5.41, 5.74) is 5.41. The molecular formula is C22H26N4O2. The first-order valence-electron chi connectivity index (χ1n) is 9.71. The van der Waals surface area contributed by atoms with E-state index in [1.807, 2.05) is 39.8 Å². The lowest BCUT2D eigenvalue weighted by Crippen LogP contribution is -2.11. The highest BCUT2D eigenvalue weighted by molar-refractivity contribution is 5.83. The first-order valence-corrected chi connectivity index (χ1v) is 9.71. The van der Waals surface area contributed by atoms with Gasteiger partial charge in [0.15, 0.2) is 17.3 Å². The van der Waals surface area contributed by atoms with E-state index in [4.69, 9.17) is 9.47 Å². The Bertz CT molecular complexity index is 980. The van der Waals surface area contributed by atoms with Gasteiger partial charge in [-0.25, -0.2) is 0 Å². The molecule has 1 aliphatic rings. The van der Waals surface area contributed by atoms with Crippen molar-refractivity contribution >= 4 is 11.5 Å². The lowest BCUT2D eigenvalue weighted by Gasteiger charge is -2.19. The molecule has 0 saturated heterocycles. The second kappa shape index (κ2) is 7.19. The summed E-state index contributed by atoms with van der Waals surface area (Å²) in [5.74, 6) is 2.56. The molecule has 3 aromatic rings. The number of aromatic amines is 1. The van der Waals surface area contributed by atoms with Crippen LogP contribution in [0.5, 0.6) is 11.5 Å². The predicted molar refractivity (Wildman–Crippen MR) is 111 cm³/mol. The number of benzene rings is 1. The molecule has 0 saturated carbocycles. The zero-order valence-corrected chi connectivity index (χ0v) is 16.9. The molecule has 28 heavy (non-hydrogen) atoms. The molecule has 4 rings (SSSR count). The third-order valence-electron chi connectivity index (χ3n) is 4.74. The molecule has 6 heteroatoms. The van der Waals surface area contributed by atoms with Gasteiger partial charge >= 0.3 is 0 Å². The summed E-state index contributed by atoms with van der Waals surface area (Å²) < 4.78 is 12.1. The van der Waals surface area contributed by atoms with Gasteiger partial charge in [0.25, 0.3) is 0 Å². The van der Waals surface area contributed by atoms with Gasteiger partial charge in [0.2, 0.25) is 0 Å². The lowest BCUT2D eigenvalue weighted by atomic mass is 9.99. The van der Waals surface area contributed by atoms with Crippen LogP contribution in [0, 0.1) is 0 Å². The fraction of sp³-hybridized carbons (Fsp3) is 0.364. The average molecular weight is 378 g/mol. The number of hydrogen-bond acceptors (Lipinski definition) is 5. The maximum Gasteiger partial charge on any atom is 0.162 e. The maximum absolute atomic E-state index is 6.05. The van der Waals surface area contributed by atoms with Crippen molar-refractivity contribution in [1.82, 2.24) is 15.2 Å². The molecule has 1 aliphatic carbocycles. The minimum absolute atomic E-state index is 0.0652. The normalized spacial score (nSPS) is 14.9. The second-order valence-corrected chi connectivity index (χ2v) is 7.67. The molecule has 1 unspecified atom stereocenters. The van der Waals surface area contributed by atoms with Gasteiger partial charge in [-0.05, 0) is 57.5 Å². The van der Waals surface area contributed by atoms with E-state index >= 15 is 0 Å². The molecule has 6 nitrogen and oxygen atoms in total. The van der Waals surface area contributed by atoms with Crippen LogP contribution in [-0.4, -0.2) is 27.4 Å². The van der Waals surface area contributed by atoms with E-state index in [0.29, 0.717) is 0 Å². The van der Waals surface area contributed by atoms with Crippen LogP contribution in [0.4, 0.5) is 11.5 Å². The predicted octanol–water partition coefficient (Wildman–Crippen LogP) is 5.25. The fourth-order valence-electron chi connectivity index (χ4n) is 3.64. The van der Waals surface area contributed by atoms with Crippen LogP contribution >= 0.6 is 0 Å². The van der Waals surface area contributed by atoms with Crippen molar-refractivity contribution < 1.29 is 9.47 Å². The van der Waals surface area contributed by atoms with Crippen LogP contribution < -0.4 is 14.8 Å². The lowest BCUT2D eigenvalue weighted by molar-refractivity contribution is 0.198. The van der Waals surface area contributed by atoms with Crippen molar-refractivity contribution in [3.63, 3.8) is 0 Å². The molecule has 0 radical (unpaired) electrons. The van der Waals surface area contributed by atoms with E-state index in [9.17, 15) is 0 Å². The van der Waals surface area contributed by atoms with Crippen LogP contribution in [0.25, 0.3) is 11.3 Å². The molecule has 2 heterocycles. The van der Waals surface area contributed by atoms with E-state index in [1.54, 1.807) is 12.4 Å². The first kappa shape index (κ1) is 18.3. The molecule has 0 spiro atoms. The van der Waals surface area contributed by atoms with E-state index < -0.39 is 0 Å². The molecule has 1 atom stereocenters. The van der Waals surface area contributed by atoms with Gasteiger partial charge in [-0.3, -0.25) is 10.1 Å². The summed E-state index contributed by atoms with van der Waals surface area (Å²) in [4.78, 5) is 4.16. The second-order valence-electron chi connectivity index (χ2n) is 7.67. The van der Waals surface area contributed by atoms with Crippen molar-refractivity contribution in [3.8, 4) is 22.8 Å². The smallest absolute Gasteiger partial charge is 0.162 e. The molecule has 0 aliphatic heterocycles. The van der Waals surface area contributed by atoms with Crippen LogP contribution in [0.3, 0.4) is 0 Å². The Morgan fingerprint density at radius 2 is 1.79 bits per heavy atom. The van der Waals surface area contributed by atoms with Crippen LogP contribution in [-0.2, 0) is 0 Å². The molecule has 2 N–H and O–H groups in total.